The highest BCUT2D eigenvalue weighted by molar-refractivity contribution is 6.34. The first-order valence-electron chi connectivity index (χ1n) is 4.12. The van der Waals surface area contributed by atoms with Crippen LogP contribution in [0, 0.1) is 0 Å². The van der Waals surface area contributed by atoms with Crippen LogP contribution in [-0.2, 0) is 4.79 Å². The second kappa shape index (κ2) is 4.67. The van der Waals surface area contributed by atoms with Crippen molar-refractivity contribution in [2.45, 2.75) is 6.92 Å². The molecular formula is C8H10BNO5. The van der Waals surface area contributed by atoms with Crippen molar-refractivity contribution in [3.05, 3.63) is 18.2 Å². The molecule has 6 nitrogen and oxygen atoms in total. The molecule has 0 aliphatic heterocycles. The van der Waals surface area contributed by atoms with Crippen LogP contribution in [0.25, 0.3) is 0 Å². The molecule has 1 amide bonds. The fraction of sp³-hybridized carbons (Fsp3) is 0.125. The zero-order chi connectivity index (χ0) is 11.4. The van der Waals surface area contributed by atoms with Gasteiger partial charge in [-0.3, -0.25) is 4.79 Å². The van der Waals surface area contributed by atoms with Gasteiger partial charge in [0.15, 0.2) is 0 Å². The topological polar surface area (TPSA) is 99.0 Å². The number of anilines is 1. The lowest BCUT2D eigenvalue weighted by atomic mass is 10.2. The predicted molar refractivity (Wildman–Crippen MR) is 53.2 cm³/mol. The van der Waals surface area contributed by atoms with E-state index in [1.165, 1.54) is 19.1 Å². The average Bonchev–Trinajstić information content (AvgIpc) is 2.08. The molecule has 0 fully saturated rings. The monoisotopic (exact) mass is 211 g/mol. The lowest BCUT2D eigenvalue weighted by Crippen LogP contribution is -2.21. The number of hydrogen-bond acceptors (Lipinski definition) is 5. The molecule has 0 heterocycles. The number of aromatic hydroxyl groups is 1. The van der Waals surface area contributed by atoms with Crippen molar-refractivity contribution in [3.8, 4) is 11.5 Å². The molecule has 1 aromatic carbocycles. The van der Waals surface area contributed by atoms with E-state index >= 15 is 0 Å². The van der Waals surface area contributed by atoms with Gasteiger partial charge < -0.3 is 25.1 Å². The summed E-state index contributed by atoms with van der Waals surface area (Å²) >= 11 is 0. The van der Waals surface area contributed by atoms with E-state index in [9.17, 15) is 4.79 Å². The Kier molecular flexibility index (Phi) is 3.54. The third kappa shape index (κ3) is 3.49. The van der Waals surface area contributed by atoms with Crippen LogP contribution in [0.2, 0.25) is 0 Å². The summed E-state index contributed by atoms with van der Waals surface area (Å²) in [5, 5.41) is 28.7. The number of carbonyl (C=O) groups is 1. The van der Waals surface area contributed by atoms with Gasteiger partial charge in [-0.05, 0) is 12.1 Å². The minimum Gasteiger partial charge on any atom is -0.510 e. The van der Waals surface area contributed by atoms with Gasteiger partial charge >= 0.3 is 7.32 Å². The molecule has 1 aromatic rings. The van der Waals surface area contributed by atoms with Crippen molar-refractivity contribution in [2.75, 3.05) is 5.32 Å². The molecule has 15 heavy (non-hydrogen) atoms. The van der Waals surface area contributed by atoms with Crippen molar-refractivity contribution in [1.29, 1.82) is 0 Å². The summed E-state index contributed by atoms with van der Waals surface area (Å²) in [5.74, 6) is -0.474. The van der Waals surface area contributed by atoms with Gasteiger partial charge in [0, 0.05) is 13.0 Å². The Labute approximate surface area is 86.3 Å². The SMILES string of the molecule is CC(=O)Nc1ccc(O)cc1OB(O)O. The zero-order valence-electron chi connectivity index (χ0n) is 7.97. The van der Waals surface area contributed by atoms with Gasteiger partial charge in [0.2, 0.25) is 5.91 Å². The molecule has 0 radical (unpaired) electrons. The largest absolute Gasteiger partial charge is 0.707 e. The summed E-state index contributed by atoms with van der Waals surface area (Å²) in [6, 6.07) is 3.88. The van der Waals surface area contributed by atoms with Gasteiger partial charge in [-0.1, -0.05) is 0 Å². The van der Waals surface area contributed by atoms with E-state index in [2.05, 4.69) is 9.97 Å². The van der Waals surface area contributed by atoms with Gasteiger partial charge in [-0.15, -0.1) is 0 Å². The Morgan fingerprint density at radius 1 is 1.47 bits per heavy atom. The number of nitrogens with one attached hydrogen (secondary N) is 1. The van der Waals surface area contributed by atoms with Crippen molar-refractivity contribution >= 4 is 18.9 Å². The molecule has 0 atom stereocenters. The molecule has 0 spiro atoms. The average molecular weight is 211 g/mol. The number of hydrogen-bond donors (Lipinski definition) is 4. The first kappa shape index (κ1) is 11.4. The maximum Gasteiger partial charge on any atom is 0.707 e. The van der Waals surface area contributed by atoms with Gasteiger partial charge in [-0.2, -0.15) is 0 Å². The molecule has 1 rings (SSSR count). The van der Waals surface area contributed by atoms with Crippen LogP contribution >= 0.6 is 0 Å². The van der Waals surface area contributed by atoms with Crippen LogP contribution < -0.4 is 9.97 Å². The highest BCUT2D eigenvalue weighted by Gasteiger charge is 2.15. The maximum absolute atomic E-state index is 10.8. The van der Waals surface area contributed by atoms with Crippen LogP contribution in [0.1, 0.15) is 6.92 Å². The lowest BCUT2D eigenvalue weighted by Gasteiger charge is -2.11. The second-order valence-corrected chi connectivity index (χ2v) is 2.81. The van der Waals surface area contributed by atoms with Crippen LogP contribution in [-0.4, -0.2) is 28.4 Å². The van der Waals surface area contributed by atoms with E-state index in [4.69, 9.17) is 15.2 Å². The smallest absolute Gasteiger partial charge is 0.510 e. The van der Waals surface area contributed by atoms with E-state index in [1.54, 1.807) is 0 Å². The van der Waals surface area contributed by atoms with Gasteiger partial charge in [0.25, 0.3) is 0 Å². The molecular weight excluding hydrogens is 201 g/mol. The van der Waals surface area contributed by atoms with E-state index < -0.39 is 7.32 Å². The summed E-state index contributed by atoms with van der Waals surface area (Å²) in [6.07, 6.45) is 0. The highest BCUT2D eigenvalue weighted by Crippen LogP contribution is 2.28. The molecule has 0 aromatic heterocycles. The number of phenolic OH excluding ortho intramolecular Hbond substituents is 1. The van der Waals surface area contributed by atoms with E-state index in [-0.39, 0.29) is 23.1 Å². The van der Waals surface area contributed by atoms with Gasteiger partial charge in [-0.25, -0.2) is 0 Å². The van der Waals surface area contributed by atoms with Crippen LogP contribution in [0.4, 0.5) is 5.69 Å². The molecule has 0 bridgehead atoms. The minimum atomic E-state index is -2.01. The summed E-state index contributed by atoms with van der Waals surface area (Å²) in [6.45, 7) is 1.30. The fourth-order valence-corrected chi connectivity index (χ4v) is 1.02. The van der Waals surface area contributed by atoms with E-state index in [0.29, 0.717) is 0 Å². The Balaban J connectivity index is 2.97. The summed E-state index contributed by atoms with van der Waals surface area (Å²) in [5.41, 5.74) is 0.244. The number of amides is 1. The fourth-order valence-electron chi connectivity index (χ4n) is 1.02. The highest BCUT2D eigenvalue weighted by atomic mass is 16.6. The normalized spacial score (nSPS) is 9.53. The maximum atomic E-state index is 10.8. The molecule has 80 valence electrons. The number of benzene rings is 1. The quantitative estimate of drug-likeness (QED) is 0.406. The number of carbonyl (C=O) groups excluding carboxylic acids is 1. The summed E-state index contributed by atoms with van der Waals surface area (Å²) in [7, 11) is -2.01. The molecule has 0 saturated carbocycles. The molecule has 4 N–H and O–H groups in total. The third-order valence-corrected chi connectivity index (χ3v) is 1.51. The van der Waals surface area contributed by atoms with Crippen LogP contribution in [0.5, 0.6) is 11.5 Å². The Bertz CT molecular complexity index is 368. The van der Waals surface area contributed by atoms with Crippen molar-refractivity contribution < 1.29 is 24.6 Å². The number of phenols is 1. The third-order valence-electron chi connectivity index (χ3n) is 1.51. The summed E-state index contributed by atoms with van der Waals surface area (Å²) in [4.78, 5) is 10.8. The summed E-state index contributed by atoms with van der Waals surface area (Å²) < 4.78 is 4.56. The Hall–Kier alpha value is -1.73. The second-order valence-electron chi connectivity index (χ2n) is 2.81. The Morgan fingerprint density at radius 2 is 2.13 bits per heavy atom. The van der Waals surface area contributed by atoms with Gasteiger partial charge in [0.05, 0.1) is 5.69 Å². The molecule has 0 saturated heterocycles. The van der Waals surface area contributed by atoms with Crippen LogP contribution in [0.15, 0.2) is 18.2 Å². The Morgan fingerprint density at radius 3 is 2.67 bits per heavy atom. The van der Waals surface area contributed by atoms with Crippen LogP contribution in [0.3, 0.4) is 0 Å². The number of rotatable bonds is 3. The lowest BCUT2D eigenvalue weighted by molar-refractivity contribution is -0.114. The predicted octanol–water partition coefficient (Wildman–Crippen LogP) is -0.301. The standard InChI is InChI=1S/C8H10BNO5/c1-5(11)10-7-3-2-6(12)4-8(7)15-9(13)14/h2-4,12-14H,1H3,(H,10,11). The first-order valence-corrected chi connectivity index (χ1v) is 4.12. The molecule has 7 heteroatoms. The minimum absolute atomic E-state index is 0.0276. The molecule has 0 aliphatic carbocycles. The van der Waals surface area contributed by atoms with Crippen molar-refractivity contribution in [1.82, 2.24) is 0 Å². The molecule has 0 unspecified atom stereocenters. The first-order chi connectivity index (χ1) is 6.99. The van der Waals surface area contributed by atoms with Crippen molar-refractivity contribution in [3.63, 3.8) is 0 Å². The van der Waals surface area contributed by atoms with E-state index in [0.717, 1.165) is 6.07 Å². The van der Waals surface area contributed by atoms with E-state index in [1.807, 2.05) is 0 Å². The van der Waals surface area contributed by atoms with Crippen molar-refractivity contribution in [2.24, 2.45) is 0 Å². The molecule has 0 aliphatic rings. The zero-order valence-corrected chi connectivity index (χ0v) is 7.97. The van der Waals surface area contributed by atoms with Gasteiger partial charge in [0.1, 0.15) is 11.5 Å².